The molecule has 0 saturated heterocycles. The number of rotatable bonds is 4. The van der Waals surface area contributed by atoms with Crippen LogP contribution in [-0.4, -0.2) is 18.5 Å². The molecule has 2 N–H and O–H groups in total. The SMILES string of the molecule is Cc1cc(Cl)ccc1NC(=O)CNC1CC1. The summed E-state index contributed by atoms with van der Waals surface area (Å²) in [5, 5.41) is 6.72. The third-order valence-corrected chi connectivity index (χ3v) is 2.83. The first kappa shape index (κ1) is 11.4. The largest absolute Gasteiger partial charge is 0.325 e. The number of anilines is 1. The number of halogens is 1. The maximum Gasteiger partial charge on any atom is 0.238 e. The number of hydrogen-bond acceptors (Lipinski definition) is 2. The van der Waals surface area contributed by atoms with Crippen molar-refractivity contribution in [2.45, 2.75) is 25.8 Å². The van der Waals surface area contributed by atoms with Gasteiger partial charge in [-0.25, -0.2) is 0 Å². The molecule has 0 spiro atoms. The summed E-state index contributed by atoms with van der Waals surface area (Å²) in [5.74, 6) is -0.00248. The van der Waals surface area contributed by atoms with Crippen molar-refractivity contribution in [3.8, 4) is 0 Å². The van der Waals surface area contributed by atoms with E-state index < -0.39 is 0 Å². The molecule has 1 aliphatic carbocycles. The van der Waals surface area contributed by atoms with Crippen LogP contribution in [0.5, 0.6) is 0 Å². The van der Waals surface area contributed by atoms with Crippen LogP contribution < -0.4 is 10.6 Å². The van der Waals surface area contributed by atoms with Gasteiger partial charge in [0.05, 0.1) is 6.54 Å². The second kappa shape index (κ2) is 4.85. The first-order valence-electron chi connectivity index (χ1n) is 5.44. The Morgan fingerprint density at radius 2 is 2.25 bits per heavy atom. The Kier molecular flexibility index (Phi) is 3.46. The summed E-state index contributed by atoms with van der Waals surface area (Å²) in [6.45, 7) is 2.31. The van der Waals surface area contributed by atoms with E-state index in [2.05, 4.69) is 10.6 Å². The Balaban J connectivity index is 1.89. The van der Waals surface area contributed by atoms with E-state index in [0.29, 0.717) is 17.6 Å². The van der Waals surface area contributed by atoms with Crippen molar-refractivity contribution in [1.29, 1.82) is 0 Å². The molecule has 0 bridgehead atoms. The first-order valence-corrected chi connectivity index (χ1v) is 5.82. The van der Waals surface area contributed by atoms with Gasteiger partial charge in [-0.15, -0.1) is 0 Å². The van der Waals surface area contributed by atoms with Crippen LogP contribution in [0.15, 0.2) is 18.2 Å². The minimum atomic E-state index is -0.00248. The highest BCUT2D eigenvalue weighted by Crippen LogP contribution is 2.20. The van der Waals surface area contributed by atoms with Gasteiger partial charge in [-0.1, -0.05) is 11.6 Å². The summed E-state index contributed by atoms with van der Waals surface area (Å²) in [5.41, 5.74) is 1.80. The molecule has 16 heavy (non-hydrogen) atoms. The molecule has 1 saturated carbocycles. The molecule has 86 valence electrons. The number of hydrogen-bond donors (Lipinski definition) is 2. The van der Waals surface area contributed by atoms with E-state index >= 15 is 0 Å². The molecule has 1 aliphatic rings. The number of carbonyl (C=O) groups excluding carboxylic acids is 1. The highest BCUT2D eigenvalue weighted by molar-refractivity contribution is 6.30. The lowest BCUT2D eigenvalue weighted by Gasteiger charge is -2.09. The molecular formula is C12H15ClN2O. The smallest absolute Gasteiger partial charge is 0.238 e. The molecule has 0 atom stereocenters. The molecule has 0 aromatic heterocycles. The van der Waals surface area contributed by atoms with Crippen LogP contribution in [0.25, 0.3) is 0 Å². The average molecular weight is 239 g/mol. The predicted molar refractivity (Wildman–Crippen MR) is 65.8 cm³/mol. The van der Waals surface area contributed by atoms with Crippen LogP contribution in [0.3, 0.4) is 0 Å². The van der Waals surface area contributed by atoms with Gasteiger partial charge in [0.15, 0.2) is 0 Å². The van der Waals surface area contributed by atoms with Crippen molar-refractivity contribution in [2.75, 3.05) is 11.9 Å². The Hall–Kier alpha value is -1.06. The Morgan fingerprint density at radius 1 is 1.50 bits per heavy atom. The standard InChI is InChI=1S/C12H15ClN2O/c1-8-6-9(13)2-5-11(8)15-12(16)7-14-10-3-4-10/h2,5-6,10,14H,3-4,7H2,1H3,(H,15,16). The predicted octanol–water partition coefficient (Wildman–Crippen LogP) is 2.34. The van der Waals surface area contributed by atoms with Crippen LogP contribution in [0.1, 0.15) is 18.4 Å². The monoisotopic (exact) mass is 238 g/mol. The fourth-order valence-corrected chi connectivity index (χ4v) is 1.71. The molecule has 0 aliphatic heterocycles. The van der Waals surface area contributed by atoms with Crippen LogP contribution in [-0.2, 0) is 4.79 Å². The number of carbonyl (C=O) groups is 1. The molecule has 1 amide bonds. The molecule has 4 heteroatoms. The molecule has 1 aromatic rings. The van der Waals surface area contributed by atoms with Gasteiger partial charge in [0, 0.05) is 16.8 Å². The highest BCUT2D eigenvalue weighted by atomic mass is 35.5. The quantitative estimate of drug-likeness (QED) is 0.846. The van der Waals surface area contributed by atoms with E-state index in [4.69, 9.17) is 11.6 Å². The van der Waals surface area contributed by atoms with Gasteiger partial charge in [-0.3, -0.25) is 4.79 Å². The topological polar surface area (TPSA) is 41.1 Å². The van der Waals surface area contributed by atoms with Crippen LogP contribution in [0.2, 0.25) is 5.02 Å². The fourth-order valence-electron chi connectivity index (χ4n) is 1.49. The van der Waals surface area contributed by atoms with Crippen molar-refractivity contribution >= 4 is 23.2 Å². The zero-order chi connectivity index (χ0) is 11.5. The molecular weight excluding hydrogens is 224 g/mol. The molecule has 0 unspecified atom stereocenters. The van der Waals surface area contributed by atoms with Crippen molar-refractivity contribution in [3.05, 3.63) is 28.8 Å². The molecule has 0 heterocycles. The molecule has 0 radical (unpaired) electrons. The number of benzene rings is 1. The average Bonchev–Trinajstić information content (AvgIpc) is 3.03. The van der Waals surface area contributed by atoms with Crippen molar-refractivity contribution in [3.63, 3.8) is 0 Å². The lowest BCUT2D eigenvalue weighted by Crippen LogP contribution is -2.29. The summed E-state index contributed by atoms with van der Waals surface area (Å²) in [4.78, 5) is 11.6. The highest BCUT2D eigenvalue weighted by Gasteiger charge is 2.21. The number of amides is 1. The van der Waals surface area contributed by atoms with Crippen molar-refractivity contribution < 1.29 is 4.79 Å². The summed E-state index contributed by atoms with van der Waals surface area (Å²) in [7, 11) is 0. The summed E-state index contributed by atoms with van der Waals surface area (Å²) < 4.78 is 0. The van der Waals surface area contributed by atoms with E-state index in [1.807, 2.05) is 19.1 Å². The van der Waals surface area contributed by atoms with E-state index in [-0.39, 0.29) is 5.91 Å². The maximum atomic E-state index is 11.6. The normalized spacial score (nSPS) is 14.9. The van der Waals surface area contributed by atoms with Crippen molar-refractivity contribution in [1.82, 2.24) is 5.32 Å². The summed E-state index contributed by atoms with van der Waals surface area (Å²) in [6.07, 6.45) is 2.38. The third kappa shape index (κ3) is 3.22. The van der Waals surface area contributed by atoms with E-state index in [0.717, 1.165) is 11.3 Å². The van der Waals surface area contributed by atoms with Gasteiger partial charge in [-0.05, 0) is 43.5 Å². The molecule has 3 nitrogen and oxygen atoms in total. The van der Waals surface area contributed by atoms with Crippen LogP contribution >= 0.6 is 11.6 Å². The minimum Gasteiger partial charge on any atom is -0.325 e. The Morgan fingerprint density at radius 3 is 2.88 bits per heavy atom. The van der Waals surface area contributed by atoms with Crippen molar-refractivity contribution in [2.24, 2.45) is 0 Å². The number of aryl methyl sites for hydroxylation is 1. The van der Waals surface area contributed by atoms with E-state index in [9.17, 15) is 4.79 Å². The molecule has 1 fully saturated rings. The van der Waals surface area contributed by atoms with E-state index in [1.54, 1.807) is 6.07 Å². The van der Waals surface area contributed by atoms with E-state index in [1.165, 1.54) is 12.8 Å². The lowest BCUT2D eigenvalue weighted by atomic mass is 10.2. The van der Waals surface area contributed by atoms with Gasteiger partial charge < -0.3 is 10.6 Å². The number of nitrogens with one attached hydrogen (secondary N) is 2. The summed E-state index contributed by atoms with van der Waals surface area (Å²) in [6, 6.07) is 5.99. The van der Waals surface area contributed by atoms with Gasteiger partial charge in [0.2, 0.25) is 5.91 Å². The molecule has 2 rings (SSSR count). The maximum absolute atomic E-state index is 11.6. The first-order chi connectivity index (χ1) is 7.65. The Labute approximate surface area is 100 Å². The van der Waals surface area contributed by atoms with Gasteiger partial charge in [0.25, 0.3) is 0 Å². The lowest BCUT2D eigenvalue weighted by molar-refractivity contribution is -0.115. The molecule has 1 aromatic carbocycles. The van der Waals surface area contributed by atoms with Gasteiger partial charge in [-0.2, -0.15) is 0 Å². The van der Waals surface area contributed by atoms with Crippen LogP contribution in [0, 0.1) is 6.92 Å². The zero-order valence-electron chi connectivity index (χ0n) is 9.22. The second-order valence-electron chi connectivity index (χ2n) is 4.16. The van der Waals surface area contributed by atoms with Gasteiger partial charge in [0.1, 0.15) is 0 Å². The van der Waals surface area contributed by atoms with Crippen LogP contribution in [0.4, 0.5) is 5.69 Å². The zero-order valence-corrected chi connectivity index (χ0v) is 9.97. The Bertz CT molecular complexity index is 402. The second-order valence-corrected chi connectivity index (χ2v) is 4.60. The third-order valence-electron chi connectivity index (χ3n) is 2.59. The van der Waals surface area contributed by atoms with Gasteiger partial charge >= 0.3 is 0 Å². The fraction of sp³-hybridized carbons (Fsp3) is 0.417. The minimum absolute atomic E-state index is 0.00248. The summed E-state index contributed by atoms with van der Waals surface area (Å²) >= 11 is 5.84.